The molecule has 6 heterocycles. The number of aromatic nitrogens is 5. The summed E-state index contributed by atoms with van der Waals surface area (Å²) in [4.78, 5) is 14.3. The highest BCUT2D eigenvalue weighted by molar-refractivity contribution is 7.25. The van der Waals surface area contributed by atoms with E-state index in [1.165, 1.54) is 9.40 Å². The molecular weight excluding hydrogens is 587 g/mol. The molecule has 0 saturated heterocycles. The normalized spacial score (nSPS) is 11.9. The average Bonchev–Trinajstić information content (AvgIpc) is 3.76. The summed E-state index contributed by atoms with van der Waals surface area (Å²) in [5, 5.41) is 3.24. The van der Waals surface area contributed by atoms with Crippen LogP contribution in [0.5, 0.6) is 11.5 Å². The third kappa shape index (κ3) is 3.72. The van der Waals surface area contributed by atoms with E-state index in [9.17, 15) is 0 Å². The molecule has 46 heavy (non-hydrogen) atoms. The van der Waals surface area contributed by atoms with Gasteiger partial charge in [0.15, 0.2) is 0 Å². The van der Waals surface area contributed by atoms with Crippen LogP contribution in [0.3, 0.4) is 0 Å². The summed E-state index contributed by atoms with van der Waals surface area (Å²) in [5.74, 6) is 1.50. The number of nitrogens with zero attached hydrogens (tertiary/aromatic N) is 5. The molecule has 0 N–H and O–H groups in total. The first-order chi connectivity index (χ1) is 22.8. The van der Waals surface area contributed by atoms with Gasteiger partial charge in [0.2, 0.25) is 0 Å². The SMILES string of the molecule is c1ccc(-n2c3ccc(Oc4ccc5c(c4)c4ncccc4n5-c4ccc5sc6cccnc6c5c4)cc3c3ncccc32)cc1. The Morgan fingerprint density at radius 2 is 1.04 bits per heavy atom. The standard InChI is InChI=1S/C39H23N5OS/c1-2-7-24(8-3-1)43-31-15-13-26(22-28(31)37-33(43)9-4-18-40-37)45-27-14-16-32-29(23-27)38-34(10-5-19-41-38)44(32)25-12-17-35-30(21-25)39-36(46-35)11-6-20-42-39/h1-23H. The molecule has 0 fully saturated rings. The molecule has 10 rings (SSSR count). The second kappa shape index (κ2) is 9.72. The van der Waals surface area contributed by atoms with Crippen molar-refractivity contribution in [3.63, 3.8) is 0 Å². The molecule has 0 saturated carbocycles. The minimum Gasteiger partial charge on any atom is -0.457 e. The second-order valence-electron chi connectivity index (χ2n) is 11.3. The molecule has 6 aromatic heterocycles. The summed E-state index contributed by atoms with van der Waals surface area (Å²) < 4.78 is 13.5. The fourth-order valence-electron chi connectivity index (χ4n) is 6.75. The molecule has 7 heteroatoms. The maximum Gasteiger partial charge on any atom is 0.128 e. The minimum atomic E-state index is 0.750. The van der Waals surface area contributed by atoms with Crippen LogP contribution in [0.4, 0.5) is 0 Å². The lowest BCUT2D eigenvalue weighted by atomic mass is 10.2. The Morgan fingerprint density at radius 1 is 0.435 bits per heavy atom. The Balaban J connectivity index is 1.10. The molecule has 10 aromatic rings. The van der Waals surface area contributed by atoms with Crippen molar-refractivity contribution >= 4 is 75.5 Å². The summed E-state index contributed by atoms with van der Waals surface area (Å²) in [6.45, 7) is 0. The van der Waals surface area contributed by atoms with Gasteiger partial charge in [-0.15, -0.1) is 11.3 Å². The van der Waals surface area contributed by atoms with Crippen molar-refractivity contribution in [2.24, 2.45) is 0 Å². The molecule has 216 valence electrons. The lowest BCUT2D eigenvalue weighted by molar-refractivity contribution is 0.484. The summed E-state index contributed by atoms with van der Waals surface area (Å²) in [6.07, 6.45) is 5.56. The van der Waals surface area contributed by atoms with Gasteiger partial charge >= 0.3 is 0 Å². The van der Waals surface area contributed by atoms with Crippen molar-refractivity contribution in [2.75, 3.05) is 0 Å². The molecule has 0 spiro atoms. The minimum absolute atomic E-state index is 0.750. The Hall–Kier alpha value is -6.05. The van der Waals surface area contributed by atoms with E-state index in [-0.39, 0.29) is 0 Å². The van der Waals surface area contributed by atoms with E-state index < -0.39 is 0 Å². The molecule has 6 nitrogen and oxygen atoms in total. The zero-order chi connectivity index (χ0) is 30.2. The molecule has 0 atom stereocenters. The van der Waals surface area contributed by atoms with E-state index in [1.54, 1.807) is 11.3 Å². The fourth-order valence-corrected chi connectivity index (χ4v) is 7.79. The number of ether oxygens (including phenoxy) is 1. The predicted octanol–water partition coefficient (Wildman–Crippen LogP) is 10.2. The van der Waals surface area contributed by atoms with Crippen LogP contribution < -0.4 is 4.74 Å². The van der Waals surface area contributed by atoms with Crippen molar-refractivity contribution in [1.82, 2.24) is 24.1 Å². The maximum atomic E-state index is 6.54. The molecule has 0 unspecified atom stereocenters. The van der Waals surface area contributed by atoms with E-state index >= 15 is 0 Å². The lowest BCUT2D eigenvalue weighted by Crippen LogP contribution is -1.94. The van der Waals surface area contributed by atoms with E-state index in [4.69, 9.17) is 14.7 Å². The monoisotopic (exact) mass is 609 g/mol. The Labute approximate surface area is 266 Å². The predicted molar refractivity (Wildman–Crippen MR) is 188 cm³/mol. The van der Waals surface area contributed by atoms with Crippen molar-refractivity contribution in [2.45, 2.75) is 0 Å². The molecule has 0 aliphatic rings. The number of fused-ring (bicyclic) bond motifs is 9. The zero-order valence-electron chi connectivity index (χ0n) is 24.3. The molecular formula is C39H23N5OS. The third-order valence-electron chi connectivity index (χ3n) is 8.70. The van der Waals surface area contributed by atoms with Crippen molar-refractivity contribution < 1.29 is 4.74 Å². The summed E-state index contributed by atoms with van der Waals surface area (Å²) in [5.41, 5.74) is 9.35. The maximum absolute atomic E-state index is 6.54. The van der Waals surface area contributed by atoms with Crippen LogP contribution in [0.1, 0.15) is 0 Å². The molecule has 0 aliphatic heterocycles. The van der Waals surface area contributed by atoms with Gasteiger partial charge in [0.25, 0.3) is 0 Å². The highest BCUT2D eigenvalue weighted by atomic mass is 32.1. The largest absolute Gasteiger partial charge is 0.457 e. The smallest absolute Gasteiger partial charge is 0.128 e. The van der Waals surface area contributed by atoms with Crippen LogP contribution in [0.2, 0.25) is 0 Å². The number of pyridine rings is 3. The van der Waals surface area contributed by atoms with Crippen LogP contribution in [-0.4, -0.2) is 24.1 Å². The number of rotatable bonds is 4. The zero-order valence-corrected chi connectivity index (χ0v) is 25.1. The van der Waals surface area contributed by atoms with Gasteiger partial charge in [0, 0.05) is 50.8 Å². The summed E-state index contributed by atoms with van der Waals surface area (Å²) >= 11 is 1.77. The van der Waals surface area contributed by atoms with E-state index in [1.807, 2.05) is 55.0 Å². The Kier molecular flexibility index (Phi) is 5.35. The molecule has 0 aliphatic carbocycles. The first-order valence-electron chi connectivity index (χ1n) is 15.1. The topological polar surface area (TPSA) is 57.8 Å². The van der Waals surface area contributed by atoms with Gasteiger partial charge in [-0.25, -0.2) is 0 Å². The van der Waals surface area contributed by atoms with Crippen LogP contribution >= 0.6 is 11.3 Å². The quantitative estimate of drug-likeness (QED) is 0.199. The van der Waals surface area contributed by atoms with Gasteiger partial charge < -0.3 is 13.9 Å². The van der Waals surface area contributed by atoms with Gasteiger partial charge in [-0.1, -0.05) is 18.2 Å². The number of hydrogen-bond acceptors (Lipinski definition) is 5. The van der Waals surface area contributed by atoms with Gasteiger partial charge in [-0.2, -0.15) is 0 Å². The number of benzene rings is 4. The summed E-state index contributed by atoms with van der Waals surface area (Å²) in [7, 11) is 0. The first kappa shape index (κ1) is 25.3. The van der Waals surface area contributed by atoms with Crippen LogP contribution in [0, 0.1) is 0 Å². The van der Waals surface area contributed by atoms with Gasteiger partial charge in [-0.05, 0) is 103 Å². The molecule has 4 aromatic carbocycles. The van der Waals surface area contributed by atoms with Gasteiger partial charge in [-0.3, -0.25) is 15.0 Å². The lowest BCUT2D eigenvalue weighted by Gasteiger charge is -2.10. The van der Waals surface area contributed by atoms with E-state index in [2.05, 4.69) is 99.0 Å². The molecule has 0 radical (unpaired) electrons. The van der Waals surface area contributed by atoms with Crippen molar-refractivity contribution in [1.29, 1.82) is 0 Å². The van der Waals surface area contributed by atoms with Gasteiger partial charge in [0.05, 0.1) is 43.3 Å². The van der Waals surface area contributed by atoms with Crippen LogP contribution in [0.25, 0.3) is 75.6 Å². The van der Waals surface area contributed by atoms with E-state index in [0.29, 0.717) is 0 Å². The Bertz CT molecular complexity index is 2790. The number of para-hydroxylation sites is 1. The van der Waals surface area contributed by atoms with Crippen LogP contribution in [0.15, 0.2) is 140 Å². The molecule has 0 bridgehead atoms. The fraction of sp³-hybridized carbons (Fsp3) is 0. The third-order valence-corrected chi connectivity index (χ3v) is 9.83. The summed E-state index contributed by atoms with van der Waals surface area (Å²) in [6, 6.07) is 41.8. The van der Waals surface area contributed by atoms with Gasteiger partial charge in [0.1, 0.15) is 11.5 Å². The highest BCUT2D eigenvalue weighted by Gasteiger charge is 2.17. The molecule has 0 amide bonds. The average molecular weight is 610 g/mol. The number of thiophene rings is 1. The number of hydrogen-bond donors (Lipinski definition) is 0. The Morgan fingerprint density at radius 3 is 1.72 bits per heavy atom. The first-order valence-corrected chi connectivity index (χ1v) is 15.9. The van der Waals surface area contributed by atoms with Crippen molar-refractivity contribution in [3.8, 4) is 22.9 Å². The van der Waals surface area contributed by atoms with Crippen molar-refractivity contribution in [3.05, 3.63) is 140 Å². The highest BCUT2D eigenvalue weighted by Crippen LogP contribution is 2.39. The van der Waals surface area contributed by atoms with E-state index in [0.717, 1.165) is 77.6 Å². The van der Waals surface area contributed by atoms with Crippen LogP contribution in [-0.2, 0) is 0 Å². The second-order valence-corrected chi connectivity index (χ2v) is 12.4.